The molecule has 8 aromatic rings. The van der Waals surface area contributed by atoms with E-state index >= 15 is 0 Å². The average Bonchev–Trinajstić information content (AvgIpc) is 4.04. The summed E-state index contributed by atoms with van der Waals surface area (Å²) in [6.45, 7) is 11.4. The van der Waals surface area contributed by atoms with Crippen LogP contribution in [-0.4, -0.2) is 64.8 Å². The number of aliphatic hydroxyl groups is 1. The van der Waals surface area contributed by atoms with E-state index in [9.17, 15) is 42.7 Å². The van der Waals surface area contributed by atoms with Crippen molar-refractivity contribution >= 4 is 17.5 Å². The van der Waals surface area contributed by atoms with Gasteiger partial charge in [-0.2, -0.15) is 28.6 Å². The molecule has 4 aromatic carbocycles. The summed E-state index contributed by atoms with van der Waals surface area (Å²) >= 11 is 0. The van der Waals surface area contributed by atoms with E-state index in [-0.39, 0.29) is 22.5 Å². The van der Waals surface area contributed by atoms with Gasteiger partial charge in [-0.15, -0.1) is 0 Å². The van der Waals surface area contributed by atoms with E-state index in [1.807, 2.05) is 13.0 Å². The van der Waals surface area contributed by atoms with E-state index in [0.29, 0.717) is 51.0 Å². The van der Waals surface area contributed by atoms with Gasteiger partial charge >= 0.3 is 6.18 Å². The van der Waals surface area contributed by atoms with Crippen molar-refractivity contribution in [3.8, 4) is 51.3 Å². The van der Waals surface area contributed by atoms with Gasteiger partial charge in [-0.05, 0) is 117 Å². The predicted octanol–water partition coefficient (Wildman–Crippen LogP) is 7.58. The summed E-state index contributed by atoms with van der Waals surface area (Å²) in [6, 6.07) is 32.5. The number of carbonyl (C=O) groups is 2. The molecule has 0 bridgehead atoms. The highest BCUT2D eigenvalue weighted by Crippen LogP contribution is 2.33. The summed E-state index contributed by atoms with van der Waals surface area (Å²) in [7, 11) is 0. The molecule has 4 aromatic heterocycles. The third-order valence-corrected chi connectivity index (χ3v) is 11.4. The van der Waals surface area contributed by atoms with E-state index in [1.54, 1.807) is 96.7 Å². The van der Waals surface area contributed by atoms with Crippen molar-refractivity contribution in [1.82, 2.24) is 39.3 Å². The SMILES string of the molecule is [C-]#[N+]c1ccc(-n2nccc2-c2cc(C(=O)NCC(O)CNC(=O)c3cc(-c4ccnn4-c4ccc(C#N)cc4)c(C)n(-c4cccc(C)c4)c3=O)c(=O)n(-c3cccc(C(F)(F)F)c3)c2C)cc1. The van der Waals surface area contributed by atoms with Crippen molar-refractivity contribution in [3.05, 3.63) is 205 Å². The second-order valence-corrected chi connectivity index (χ2v) is 15.9. The van der Waals surface area contributed by atoms with Gasteiger partial charge in [0, 0.05) is 47.0 Å². The number of pyridine rings is 2. The molecule has 2 amide bonds. The molecule has 1 atom stereocenters. The highest BCUT2D eigenvalue weighted by molar-refractivity contribution is 5.96. The number of carbonyl (C=O) groups excluding carboxylic acids is 2. The minimum Gasteiger partial charge on any atom is -0.389 e. The van der Waals surface area contributed by atoms with Crippen molar-refractivity contribution < 1.29 is 27.9 Å². The minimum absolute atomic E-state index is 0.169. The summed E-state index contributed by atoms with van der Waals surface area (Å²) in [6.07, 6.45) is -3.19. The second-order valence-electron chi connectivity index (χ2n) is 15.9. The Hall–Kier alpha value is -9.13. The van der Waals surface area contributed by atoms with Crippen molar-refractivity contribution in [3.63, 3.8) is 0 Å². The van der Waals surface area contributed by atoms with Gasteiger partial charge in [0.2, 0.25) is 0 Å². The number of hydrogen-bond acceptors (Lipinski definition) is 8. The van der Waals surface area contributed by atoms with Crippen molar-refractivity contribution in [2.75, 3.05) is 13.1 Å². The number of amides is 2. The first-order valence-electron chi connectivity index (χ1n) is 21.2. The Morgan fingerprint density at radius 2 is 1.17 bits per heavy atom. The van der Waals surface area contributed by atoms with Crippen molar-refractivity contribution in [2.45, 2.75) is 33.1 Å². The lowest BCUT2D eigenvalue weighted by molar-refractivity contribution is -0.137. The van der Waals surface area contributed by atoms with Crippen LogP contribution in [0.25, 0.3) is 50.1 Å². The third-order valence-electron chi connectivity index (χ3n) is 11.4. The summed E-state index contributed by atoms with van der Waals surface area (Å²) in [5.74, 6) is -1.83. The summed E-state index contributed by atoms with van der Waals surface area (Å²) < 4.78 is 47.3. The van der Waals surface area contributed by atoms with Crippen LogP contribution in [0, 0.1) is 38.7 Å². The van der Waals surface area contributed by atoms with Gasteiger partial charge < -0.3 is 15.7 Å². The summed E-state index contributed by atoms with van der Waals surface area (Å²) in [5, 5.41) is 34.4. The Kier molecular flexibility index (Phi) is 12.8. The summed E-state index contributed by atoms with van der Waals surface area (Å²) in [4.78, 5) is 59.8. The number of nitrogens with one attached hydrogen (secondary N) is 2. The van der Waals surface area contributed by atoms with Gasteiger partial charge in [0.25, 0.3) is 22.9 Å². The molecule has 0 radical (unpaired) electrons. The fourth-order valence-electron chi connectivity index (χ4n) is 7.92. The largest absolute Gasteiger partial charge is 0.416 e. The molecule has 0 aliphatic rings. The number of aromatic nitrogens is 6. The number of halogens is 3. The lowest BCUT2D eigenvalue weighted by atomic mass is 10.0. The van der Waals surface area contributed by atoms with Crippen LogP contribution in [0.1, 0.15) is 48.8 Å². The van der Waals surface area contributed by atoms with Crippen molar-refractivity contribution in [2.24, 2.45) is 0 Å². The molecule has 18 heteroatoms. The van der Waals surface area contributed by atoms with Crippen LogP contribution in [0.4, 0.5) is 18.9 Å². The normalized spacial score (nSPS) is 11.7. The van der Waals surface area contributed by atoms with Crippen LogP contribution in [0.15, 0.2) is 143 Å². The second kappa shape index (κ2) is 19.0. The molecular weight excluding hydrogens is 890 g/mol. The molecule has 69 heavy (non-hydrogen) atoms. The van der Waals surface area contributed by atoms with Crippen molar-refractivity contribution in [1.29, 1.82) is 5.26 Å². The van der Waals surface area contributed by atoms with E-state index < -0.39 is 59.4 Å². The fourth-order valence-corrected chi connectivity index (χ4v) is 7.92. The highest BCUT2D eigenvalue weighted by atomic mass is 19.4. The first-order valence-corrected chi connectivity index (χ1v) is 21.2. The lowest BCUT2D eigenvalue weighted by Crippen LogP contribution is -2.43. The molecule has 1 unspecified atom stereocenters. The van der Waals surface area contributed by atoms with E-state index in [0.717, 1.165) is 28.3 Å². The van der Waals surface area contributed by atoms with Gasteiger partial charge in [-0.3, -0.25) is 28.3 Å². The number of nitriles is 1. The van der Waals surface area contributed by atoms with Crippen LogP contribution < -0.4 is 21.8 Å². The summed E-state index contributed by atoms with van der Waals surface area (Å²) in [5.41, 5.74) is 2.03. The highest BCUT2D eigenvalue weighted by Gasteiger charge is 2.31. The topological polar surface area (TPSA) is 186 Å². The molecule has 0 fully saturated rings. The van der Waals surface area contributed by atoms with Crippen LogP contribution in [0.2, 0.25) is 0 Å². The van der Waals surface area contributed by atoms with Gasteiger partial charge in [0.1, 0.15) is 11.1 Å². The molecule has 3 N–H and O–H groups in total. The quantitative estimate of drug-likeness (QED) is 0.105. The zero-order chi connectivity index (χ0) is 49.1. The zero-order valence-electron chi connectivity index (χ0n) is 37.0. The zero-order valence-corrected chi connectivity index (χ0v) is 37.0. The third kappa shape index (κ3) is 9.33. The average molecular weight is 929 g/mol. The van der Waals surface area contributed by atoms with Crippen LogP contribution in [0.3, 0.4) is 0 Å². The standard InChI is InChI=1S/C51H39F3N10O5/c1-30-7-5-9-38(23-30)61-31(2)41(45-19-21-59-63(45)36-15-11-33(27-55)12-16-36)25-43(49(61)68)47(66)57-28-40(65)29-58-48(67)44-26-42(46-20-22-60-64(46)37-17-13-35(56-4)14-18-37)32(3)62(50(44)69)39-10-6-8-34(24-39)51(52,53)54/h5-26,40,65H,28-29H2,1-3H3,(H,57,66)(H,58,67). The van der Waals surface area contributed by atoms with Crippen LogP contribution in [-0.2, 0) is 6.18 Å². The predicted molar refractivity (Wildman–Crippen MR) is 250 cm³/mol. The number of benzene rings is 4. The minimum atomic E-state index is -4.75. The monoisotopic (exact) mass is 928 g/mol. The van der Waals surface area contributed by atoms with E-state index in [2.05, 4.69) is 31.7 Å². The maximum Gasteiger partial charge on any atom is 0.416 e. The Bertz CT molecular complexity index is 3500. The molecule has 0 aliphatic heterocycles. The molecule has 344 valence electrons. The lowest BCUT2D eigenvalue weighted by Gasteiger charge is -2.19. The number of aryl methyl sites for hydroxylation is 1. The first-order chi connectivity index (χ1) is 33.1. The smallest absolute Gasteiger partial charge is 0.389 e. The van der Waals surface area contributed by atoms with Crippen LogP contribution in [0.5, 0.6) is 0 Å². The van der Waals surface area contributed by atoms with E-state index in [1.165, 1.54) is 40.6 Å². The van der Waals surface area contributed by atoms with Gasteiger partial charge in [-0.25, -0.2) is 14.2 Å². The number of hydrogen-bond donors (Lipinski definition) is 3. The molecule has 0 aliphatic carbocycles. The first kappa shape index (κ1) is 46.4. The molecule has 0 saturated carbocycles. The number of aliphatic hydroxyl groups excluding tert-OH is 1. The van der Waals surface area contributed by atoms with Gasteiger partial charge in [0.15, 0.2) is 5.69 Å². The molecule has 0 saturated heterocycles. The molecule has 4 heterocycles. The fraction of sp³-hybridized carbons (Fsp3) is 0.137. The molecular formula is C51H39F3N10O5. The molecule has 8 rings (SSSR count). The maximum atomic E-state index is 14.2. The Balaban J connectivity index is 1.09. The molecule has 15 nitrogen and oxygen atoms in total. The maximum absolute atomic E-state index is 14.2. The number of nitrogens with zero attached hydrogens (tertiary/aromatic N) is 8. The van der Waals surface area contributed by atoms with E-state index in [4.69, 9.17) is 6.57 Å². The Morgan fingerprint density at radius 3 is 1.64 bits per heavy atom. The Labute approximate surface area is 391 Å². The molecule has 0 spiro atoms. The number of alkyl halides is 3. The van der Waals surface area contributed by atoms with Gasteiger partial charge in [-0.1, -0.05) is 30.3 Å². The number of rotatable bonds is 12. The Morgan fingerprint density at radius 1 is 0.696 bits per heavy atom. The van der Waals surface area contributed by atoms with Crippen LogP contribution >= 0.6 is 0 Å². The van der Waals surface area contributed by atoms with Gasteiger partial charge in [0.05, 0.1) is 65.0 Å².